The zero-order chi connectivity index (χ0) is 14.1. The number of nitrogens with zero attached hydrogens (tertiary/aromatic N) is 2. The van der Waals surface area contributed by atoms with E-state index < -0.39 is 0 Å². The van der Waals surface area contributed by atoms with Crippen molar-refractivity contribution in [3.8, 4) is 11.5 Å². The summed E-state index contributed by atoms with van der Waals surface area (Å²) in [6.07, 6.45) is 3.65. The Balaban J connectivity index is 1.90. The summed E-state index contributed by atoms with van der Waals surface area (Å²) in [6.45, 7) is 4.06. The first-order valence-electron chi connectivity index (χ1n) is 5.71. The molecule has 20 heavy (non-hydrogen) atoms. The summed E-state index contributed by atoms with van der Waals surface area (Å²) in [5.41, 5.74) is 1.79. The Morgan fingerprint density at radius 3 is 3.10 bits per heavy atom. The highest BCUT2D eigenvalue weighted by Gasteiger charge is 2.27. The molecule has 1 aliphatic rings. The van der Waals surface area contributed by atoms with E-state index in [1.165, 1.54) is 0 Å². The second-order valence-electron chi connectivity index (χ2n) is 3.98. The Kier molecular flexibility index (Phi) is 3.73. The zero-order valence-electron chi connectivity index (χ0n) is 10.5. The number of hydrogen-bond acceptors (Lipinski definition) is 7. The number of rotatable bonds is 3. The van der Waals surface area contributed by atoms with Crippen LogP contribution >= 0.6 is 35.3 Å². The predicted molar refractivity (Wildman–Crippen MR) is 85.7 cm³/mol. The largest absolute Gasteiger partial charge is 0.489 e. The first-order valence-corrected chi connectivity index (χ1v) is 7.88. The molecular formula is C13H10N2O2S3. The van der Waals surface area contributed by atoms with Gasteiger partial charge in [0.1, 0.15) is 10.7 Å². The molecule has 0 aromatic carbocycles. The van der Waals surface area contributed by atoms with E-state index in [0.717, 1.165) is 21.2 Å². The van der Waals surface area contributed by atoms with Gasteiger partial charge in [0.05, 0.1) is 18.6 Å². The molecule has 0 saturated carbocycles. The maximum Gasteiger partial charge on any atom is 0.186 e. The van der Waals surface area contributed by atoms with Crippen LogP contribution in [-0.4, -0.2) is 27.6 Å². The van der Waals surface area contributed by atoms with E-state index in [1.54, 1.807) is 42.5 Å². The Morgan fingerprint density at radius 2 is 2.40 bits per heavy atom. The van der Waals surface area contributed by atoms with Gasteiger partial charge in [-0.1, -0.05) is 17.8 Å². The fraction of sp³-hybridized carbons (Fsp3) is 0.154. The molecule has 3 heterocycles. The number of aromatic nitrogens is 2. The summed E-state index contributed by atoms with van der Waals surface area (Å²) < 4.78 is 10.2. The van der Waals surface area contributed by atoms with Crippen molar-refractivity contribution in [3.63, 3.8) is 0 Å². The molecule has 0 radical (unpaired) electrons. The maximum atomic E-state index is 5.17. The van der Waals surface area contributed by atoms with Crippen LogP contribution in [0.5, 0.6) is 0 Å². The van der Waals surface area contributed by atoms with Gasteiger partial charge >= 0.3 is 0 Å². The third-order valence-electron chi connectivity index (χ3n) is 2.75. The second kappa shape index (κ2) is 5.51. The Morgan fingerprint density at radius 1 is 1.55 bits per heavy atom. The molecule has 0 spiro atoms. The lowest BCUT2D eigenvalue weighted by atomic mass is 10.2. The van der Waals surface area contributed by atoms with Crippen LogP contribution in [0.1, 0.15) is 5.01 Å². The number of allylic oxidation sites excluding steroid dienone is 1. The molecule has 102 valence electrons. The number of thiocarbonyl (C=S) groups is 1. The van der Waals surface area contributed by atoms with Gasteiger partial charge in [0.15, 0.2) is 10.8 Å². The van der Waals surface area contributed by atoms with Gasteiger partial charge in [-0.05, 0) is 12.2 Å². The number of ether oxygens (including phenoxy) is 1. The molecule has 2 aromatic heterocycles. The lowest BCUT2D eigenvalue weighted by Gasteiger charge is -2.05. The molecule has 0 fully saturated rings. The molecule has 2 aromatic rings. The maximum absolute atomic E-state index is 5.17. The van der Waals surface area contributed by atoms with Crippen LogP contribution in [0.15, 0.2) is 39.7 Å². The summed E-state index contributed by atoms with van der Waals surface area (Å²) in [6, 6.07) is 1.79. The van der Waals surface area contributed by atoms with E-state index >= 15 is 0 Å². The first kappa shape index (κ1) is 13.5. The molecule has 7 heteroatoms. The average Bonchev–Trinajstić information content (AvgIpc) is 3.16. The highest BCUT2D eigenvalue weighted by molar-refractivity contribution is 8.06. The second-order valence-corrected chi connectivity index (χ2v) is 6.48. The SMILES string of the molecule is C=C1SC(C(=S)OC)C=C1c1nc(-c2ccno2)cs1. The molecule has 0 amide bonds. The fourth-order valence-electron chi connectivity index (χ4n) is 1.78. The van der Waals surface area contributed by atoms with Gasteiger partial charge in [-0.2, -0.15) is 0 Å². The van der Waals surface area contributed by atoms with Crippen molar-refractivity contribution in [1.29, 1.82) is 0 Å². The highest BCUT2D eigenvalue weighted by atomic mass is 32.2. The number of thioether (sulfide) groups is 1. The summed E-state index contributed by atoms with van der Waals surface area (Å²) >= 11 is 8.30. The van der Waals surface area contributed by atoms with Crippen LogP contribution in [-0.2, 0) is 4.74 Å². The quantitative estimate of drug-likeness (QED) is 0.801. The van der Waals surface area contributed by atoms with E-state index in [0.29, 0.717) is 10.8 Å². The molecule has 1 aliphatic heterocycles. The van der Waals surface area contributed by atoms with Crippen molar-refractivity contribution in [2.75, 3.05) is 7.11 Å². The lowest BCUT2D eigenvalue weighted by Crippen LogP contribution is -2.11. The van der Waals surface area contributed by atoms with Crippen LogP contribution in [0.3, 0.4) is 0 Å². The molecule has 0 bridgehead atoms. The Bertz CT molecular complexity index is 688. The van der Waals surface area contributed by atoms with Gasteiger partial charge in [-0.3, -0.25) is 0 Å². The van der Waals surface area contributed by atoms with Gasteiger partial charge in [-0.15, -0.1) is 23.1 Å². The predicted octanol–water partition coefficient (Wildman–Crippen LogP) is 3.78. The highest BCUT2D eigenvalue weighted by Crippen LogP contribution is 2.43. The Hall–Kier alpha value is -1.44. The van der Waals surface area contributed by atoms with E-state index in [4.69, 9.17) is 21.5 Å². The topological polar surface area (TPSA) is 48.2 Å². The number of methoxy groups -OCH3 is 1. The molecule has 3 rings (SSSR count). The van der Waals surface area contributed by atoms with Crippen molar-refractivity contribution >= 4 is 45.9 Å². The summed E-state index contributed by atoms with van der Waals surface area (Å²) in [5.74, 6) is 0.660. The normalized spacial score (nSPS) is 18.1. The van der Waals surface area contributed by atoms with Crippen molar-refractivity contribution in [2.45, 2.75) is 5.25 Å². The van der Waals surface area contributed by atoms with Gasteiger partial charge in [0.25, 0.3) is 0 Å². The minimum atomic E-state index is 0.0233. The fourth-order valence-corrected chi connectivity index (χ4v) is 3.91. The third kappa shape index (κ3) is 2.44. The summed E-state index contributed by atoms with van der Waals surface area (Å²) in [7, 11) is 1.59. The van der Waals surface area contributed by atoms with Crippen LogP contribution in [0, 0.1) is 0 Å². The van der Waals surface area contributed by atoms with E-state index in [2.05, 4.69) is 16.7 Å². The van der Waals surface area contributed by atoms with Crippen molar-refractivity contribution in [1.82, 2.24) is 10.1 Å². The first-order chi connectivity index (χ1) is 9.69. The van der Waals surface area contributed by atoms with Gasteiger partial charge < -0.3 is 9.26 Å². The van der Waals surface area contributed by atoms with Gasteiger partial charge in [0, 0.05) is 21.9 Å². The van der Waals surface area contributed by atoms with Crippen LogP contribution < -0.4 is 0 Å². The number of thiazole rings is 1. The van der Waals surface area contributed by atoms with Crippen molar-refractivity contribution in [2.24, 2.45) is 0 Å². The van der Waals surface area contributed by atoms with Crippen molar-refractivity contribution < 1.29 is 9.26 Å². The molecule has 1 atom stereocenters. The van der Waals surface area contributed by atoms with E-state index in [9.17, 15) is 0 Å². The molecule has 4 nitrogen and oxygen atoms in total. The van der Waals surface area contributed by atoms with E-state index in [-0.39, 0.29) is 5.25 Å². The minimum Gasteiger partial charge on any atom is -0.489 e. The Labute approximate surface area is 129 Å². The monoisotopic (exact) mass is 322 g/mol. The molecular weight excluding hydrogens is 312 g/mol. The zero-order valence-corrected chi connectivity index (χ0v) is 13.0. The van der Waals surface area contributed by atoms with Crippen LogP contribution in [0.25, 0.3) is 17.0 Å². The number of hydrogen-bond donors (Lipinski definition) is 0. The van der Waals surface area contributed by atoms with Gasteiger partial charge in [-0.25, -0.2) is 4.98 Å². The molecule has 0 saturated heterocycles. The molecule has 0 aliphatic carbocycles. The van der Waals surface area contributed by atoms with Crippen LogP contribution in [0.2, 0.25) is 0 Å². The summed E-state index contributed by atoms with van der Waals surface area (Å²) in [4.78, 5) is 5.51. The van der Waals surface area contributed by atoms with E-state index in [1.807, 2.05) is 11.5 Å². The minimum absolute atomic E-state index is 0.0233. The molecule has 0 N–H and O–H groups in total. The van der Waals surface area contributed by atoms with Crippen LogP contribution in [0.4, 0.5) is 0 Å². The summed E-state index contributed by atoms with van der Waals surface area (Å²) in [5, 5.41) is 7.10. The van der Waals surface area contributed by atoms with Crippen molar-refractivity contribution in [3.05, 3.63) is 40.2 Å². The molecule has 1 unspecified atom stereocenters. The standard InChI is InChI=1S/C13H10N2O2S3/c1-7-8(5-11(20-7)13(18)16-2)12-15-9(6-19-12)10-3-4-14-17-10/h3-6,11H,1H2,2H3. The smallest absolute Gasteiger partial charge is 0.186 e. The lowest BCUT2D eigenvalue weighted by molar-refractivity contribution is 0.408. The third-order valence-corrected chi connectivity index (χ3v) is 5.30. The average molecular weight is 322 g/mol. The van der Waals surface area contributed by atoms with Gasteiger partial charge in [0.2, 0.25) is 0 Å².